The van der Waals surface area contributed by atoms with Gasteiger partial charge in [0.15, 0.2) is 0 Å². The third-order valence-corrected chi connectivity index (χ3v) is 2.73. The quantitative estimate of drug-likeness (QED) is 0.725. The first kappa shape index (κ1) is 8.71. The summed E-state index contributed by atoms with van der Waals surface area (Å²) in [6, 6.07) is 1.97. The number of thiophene rings is 1. The minimum atomic E-state index is -0.486. The Morgan fingerprint density at radius 1 is 1.64 bits per heavy atom. The van der Waals surface area contributed by atoms with Gasteiger partial charge in [0.1, 0.15) is 0 Å². The molecule has 1 atom stereocenters. The highest BCUT2D eigenvalue weighted by Gasteiger charge is 2.09. The van der Waals surface area contributed by atoms with Crippen LogP contribution in [0.1, 0.15) is 23.0 Å². The van der Waals surface area contributed by atoms with Gasteiger partial charge in [0.2, 0.25) is 0 Å². The Balaban J connectivity index is 2.67. The molecule has 0 saturated heterocycles. The van der Waals surface area contributed by atoms with Gasteiger partial charge >= 0.3 is 0 Å². The lowest BCUT2D eigenvalue weighted by Gasteiger charge is -2.06. The van der Waals surface area contributed by atoms with Crippen molar-refractivity contribution in [1.29, 1.82) is 0 Å². The van der Waals surface area contributed by atoms with Crippen molar-refractivity contribution >= 4 is 11.3 Å². The van der Waals surface area contributed by atoms with E-state index in [9.17, 15) is 5.11 Å². The lowest BCUT2D eigenvalue weighted by atomic mass is 10.1. The molecule has 0 aromatic carbocycles. The molecule has 11 heavy (non-hydrogen) atoms. The molecule has 0 bridgehead atoms. The van der Waals surface area contributed by atoms with Crippen molar-refractivity contribution in [3.05, 3.63) is 21.9 Å². The van der Waals surface area contributed by atoms with Gasteiger partial charge in [-0.3, -0.25) is 0 Å². The molecular formula is C8H12O2S. The van der Waals surface area contributed by atoms with Gasteiger partial charge in [0.05, 0.1) is 6.10 Å². The van der Waals surface area contributed by atoms with Crippen LogP contribution in [-0.2, 0) is 0 Å². The summed E-state index contributed by atoms with van der Waals surface area (Å²) in [5, 5.41) is 20.0. The molecule has 0 radical (unpaired) electrons. The molecule has 1 heterocycles. The maximum atomic E-state index is 9.44. The first-order valence-corrected chi connectivity index (χ1v) is 4.46. The van der Waals surface area contributed by atoms with Crippen molar-refractivity contribution in [2.75, 3.05) is 6.61 Å². The van der Waals surface area contributed by atoms with E-state index < -0.39 is 6.10 Å². The smallest absolute Gasteiger partial charge is 0.0906 e. The van der Waals surface area contributed by atoms with Crippen LogP contribution in [0.15, 0.2) is 11.4 Å². The van der Waals surface area contributed by atoms with Crippen LogP contribution in [0, 0.1) is 6.92 Å². The molecule has 62 valence electrons. The van der Waals surface area contributed by atoms with Gasteiger partial charge in [0, 0.05) is 17.9 Å². The summed E-state index contributed by atoms with van der Waals surface area (Å²) in [6.07, 6.45) is -0.0542. The fourth-order valence-corrected chi connectivity index (χ4v) is 1.93. The van der Waals surface area contributed by atoms with Crippen molar-refractivity contribution in [2.24, 2.45) is 0 Å². The van der Waals surface area contributed by atoms with Crippen LogP contribution in [0.25, 0.3) is 0 Å². The van der Waals surface area contributed by atoms with E-state index in [2.05, 4.69) is 0 Å². The molecule has 3 heteroatoms. The molecule has 0 aliphatic carbocycles. The highest BCUT2D eigenvalue weighted by atomic mass is 32.1. The summed E-state index contributed by atoms with van der Waals surface area (Å²) in [7, 11) is 0. The molecule has 0 saturated carbocycles. The molecule has 0 unspecified atom stereocenters. The van der Waals surface area contributed by atoms with Crippen LogP contribution >= 0.6 is 11.3 Å². The zero-order chi connectivity index (χ0) is 8.27. The van der Waals surface area contributed by atoms with E-state index in [0.29, 0.717) is 6.42 Å². The SMILES string of the molecule is Cc1ccsc1[C@@H](O)CCO. The average molecular weight is 172 g/mol. The number of rotatable bonds is 3. The zero-order valence-electron chi connectivity index (χ0n) is 6.45. The minimum Gasteiger partial charge on any atom is -0.396 e. The van der Waals surface area contributed by atoms with E-state index >= 15 is 0 Å². The lowest BCUT2D eigenvalue weighted by Crippen LogP contribution is -1.98. The van der Waals surface area contributed by atoms with E-state index in [-0.39, 0.29) is 6.61 Å². The van der Waals surface area contributed by atoms with Gasteiger partial charge in [-0.1, -0.05) is 0 Å². The second kappa shape index (κ2) is 3.85. The van der Waals surface area contributed by atoms with Crippen molar-refractivity contribution in [3.8, 4) is 0 Å². The lowest BCUT2D eigenvalue weighted by molar-refractivity contribution is 0.137. The van der Waals surface area contributed by atoms with Crippen LogP contribution in [0.3, 0.4) is 0 Å². The maximum Gasteiger partial charge on any atom is 0.0906 e. The van der Waals surface area contributed by atoms with E-state index in [4.69, 9.17) is 5.11 Å². The van der Waals surface area contributed by atoms with E-state index in [0.717, 1.165) is 10.4 Å². The number of hydrogen-bond acceptors (Lipinski definition) is 3. The molecule has 1 rings (SSSR count). The minimum absolute atomic E-state index is 0.0402. The van der Waals surface area contributed by atoms with E-state index in [1.54, 1.807) is 0 Å². The van der Waals surface area contributed by atoms with Crippen LogP contribution in [0.2, 0.25) is 0 Å². The first-order valence-electron chi connectivity index (χ1n) is 3.58. The molecule has 0 amide bonds. The molecule has 0 aliphatic rings. The highest BCUT2D eigenvalue weighted by molar-refractivity contribution is 7.10. The van der Waals surface area contributed by atoms with E-state index in [1.165, 1.54) is 11.3 Å². The van der Waals surface area contributed by atoms with Crippen molar-refractivity contribution in [3.63, 3.8) is 0 Å². The number of aliphatic hydroxyl groups is 2. The van der Waals surface area contributed by atoms with E-state index in [1.807, 2.05) is 18.4 Å². The van der Waals surface area contributed by atoms with Gasteiger partial charge < -0.3 is 10.2 Å². The normalized spacial score (nSPS) is 13.4. The molecule has 0 fully saturated rings. The highest BCUT2D eigenvalue weighted by Crippen LogP contribution is 2.25. The van der Waals surface area contributed by atoms with Crippen LogP contribution in [0.5, 0.6) is 0 Å². The van der Waals surface area contributed by atoms with Gasteiger partial charge in [-0.05, 0) is 23.9 Å². The number of aliphatic hydroxyl groups excluding tert-OH is 2. The first-order chi connectivity index (χ1) is 5.25. The Labute approximate surface area is 70.1 Å². The zero-order valence-corrected chi connectivity index (χ0v) is 7.27. The van der Waals surface area contributed by atoms with Gasteiger partial charge in [0.25, 0.3) is 0 Å². The predicted octanol–water partition coefficient (Wildman–Crippen LogP) is 1.47. The van der Waals surface area contributed by atoms with Crippen molar-refractivity contribution in [2.45, 2.75) is 19.4 Å². The third-order valence-electron chi connectivity index (χ3n) is 1.61. The molecule has 0 spiro atoms. The molecule has 1 aromatic rings. The predicted molar refractivity (Wildman–Crippen MR) is 45.7 cm³/mol. The Kier molecular flexibility index (Phi) is 3.05. The molecule has 1 aromatic heterocycles. The molecule has 0 aliphatic heterocycles. The fraction of sp³-hybridized carbons (Fsp3) is 0.500. The second-order valence-electron chi connectivity index (χ2n) is 2.50. The molecular weight excluding hydrogens is 160 g/mol. The monoisotopic (exact) mass is 172 g/mol. The largest absolute Gasteiger partial charge is 0.396 e. The number of aryl methyl sites for hydroxylation is 1. The Morgan fingerprint density at radius 3 is 2.82 bits per heavy atom. The topological polar surface area (TPSA) is 40.5 Å². The van der Waals surface area contributed by atoms with Crippen LogP contribution < -0.4 is 0 Å². The summed E-state index contributed by atoms with van der Waals surface area (Å²) in [5.41, 5.74) is 1.11. The molecule has 2 nitrogen and oxygen atoms in total. The Morgan fingerprint density at radius 2 is 2.36 bits per heavy atom. The van der Waals surface area contributed by atoms with Crippen molar-refractivity contribution < 1.29 is 10.2 Å². The third kappa shape index (κ3) is 2.02. The van der Waals surface area contributed by atoms with Gasteiger partial charge in [-0.15, -0.1) is 11.3 Å². The fourth-order valence-electron chi connectivity index (χ4n) is 0.979. The van der Waals surface area contributed by atoms with Crippen LogP contribution in [0.4, 0.5) is 0 Å². The maximum absolute atomic E-state index is 9.44. The van der Waals surface area contributed by atoms with Gasteiger partial charge in [-0.25, -0.2) is 0 Å². The van der Waals surface area contributed by atoms with Crippen molar-refractivity contribution in [1.82, 2.24) is 0 Å². The summed E-state index contributed by atoms with van der Waals surface area (Å²) in [4.78, 5) is 0.971. The Bertz CT molecular complexity index is 220. The summed E-state index contributed by atoms with van der Waals surface area (Å²) in [5.74, 6) is 0. The van der Waals surface area contributed by atoms with Crippen LogP contribution in [-0.4, -0.2) is 16.8 Å². The second-order valence-corrected chi connectivity index (χ2v) is 3.44. The summed E-state index contributed by atoms with van der Waals surface area (Å²) in [6.45, 7) is 2.00. The average Bonchev–Trinajstić information content (AvgIpc) is 2.36. The van der Waals surface area contributed by atoms with Gasteiger partial charge in [-0.2, -0.15) is 0 Å². The number of hydrogen-bond donors (Lipinski definition) is 2. The summed E-state index contributed by atoms with van der Waals surface area (Å²) < 4.78 is 0. The standard InChI is InChI=1S/C8H12O2S/c1-6-3-5-11-8(6)7(10)2-4-9/h3,5,7,9-10H,2,4H2,1H3/t7-/m0/s1. The Hall–Kier alpha value is -0.380. The summed E-state index contributed by atoms with van der Waals surface area (Å²) >= 11 is 1.54. The molecule has 2 N–H and O–H groups in total.